The van der Waals surface area contributed by atoms with Gasteiger partial charge in [0.25, 0.3) is 5.56 Å². The number of likely N-dealkylation sites (tertiary alicyclic amines) is 1. The predicted molar refractivity (Wildman–Crippen MR) is 83.7 cm³/mol. The van der Waals surface area contributed by atoms with Gasteiger partial charge in [0, 0.05) is 11.6 Å². The lowest BCUT2D eigenvalue weighted by Crippen LogP contribution is -2.50. The van der Waals surface area contributed by atoms with E-state index in [4.69, 9.17) is 0 Å². The van der Waals surface area contributed by atoms with Crippen LogP contribution in [0.2, 0.25) is 0 Å². The van der Waals surface area contributed by atoms with Crippen LogP contribution in [0.15, 0.2) is 47.3 Å². The molecule has 1 fully saturated rings. The fourth-order valence-electron chi connectivity index (χ4n) is 3.05. The minimum atomic E-state index is -0.0143. The third kappa shape index (κ3) is 3.22. The third-order valence-corrected chi connectivity index (χ3v) is 4.31. The second-order valence-electron chi connectivity index (χ2n) is 6.19. The molecule has 2 heterocycles. The average Bonchev–Trinajstić information content (AvgIpc) is 2.51. The molecule has 0 radical (unpaired) electrons. The number of nitrogens with zero attached hydrogens (tertiary/aromatic N) is 3. The number of quaternary nitrogens is 1. The van der Waals surface area contributed by atoms with E-state index in [1.165, 1.54) is 19.3 Å². The number of hydrogen-bond acceptors (Lipinski definition) is 2. The molecule has 0 saturated carbocycles. The highest BCUT2D eigenvalue weighted by atomic mass is 16.1. The summed E-state index contributed by atoms with van der Waals surface area (Å²) in [5.74, 6) is 0. The Balaban J connectivity index is 1.90. The van der Waals surface area contributed by atoms with E-state index < -0.39 is 0 Å². The van der Waals surface area contributed by atoms with Gasteiger partial charge in [-0.1, -0.05) is 30.3 Å². The summed E-state index contributed by atoms with van der Waals surface area (Å²) in [4.78, 5) is 12.1. The van der Waals surface area contributed by atoms with E-state index in [1.54, 1.807) is 10.7 Å². The summed E-state index contributed by atoms with van der Waals surface area (Å²) in [6.45, 7) is 2.92. The largest absolute Gasteiger partial charge is 0.307 e. The van der Waals surface area contributed by atoms with Gasteiger partial charge in [-0.2, -0.15) is 9.78 Å². The molecule has 4 heteroatoms. The smallest absolute Gasteiger partial charge is 0.271 e. The quantitative estimate of drug-likeness (QED) is 0.812. The van der Waals surface area contributed by atoms with Gasteiger partial charge in [0.05, 0.1) is 25.8 Å². The van der Waals surface area contributed by atoms with Crippen molar-refractivity contribution >= 4 is 0 Å². The first kappa shape index (κ1) is 14.0. The van der Waals surface area contributed by atoms with Crippen LogP contribution in [-0.2, 0) is 6.67 Å². The lowest BCUT2D eigenvalue weighted by molar-refractivity contribution is -0.936. The summed E-state index contributed by atoms with van der Waals surface area (Å²) in [6, 6.07) is 13.5. The van der Waals surface area contributed by atoms with Gasteiger partial charge in [-0.25, -0.2) is 0 Å². The number of piperidine rings is 1. The highest BCUT2D eigenvalue weighted by Crippen LogP contribution is 2.18. The second kappa shape index (κ2) is 5.82. The molecular formula is C17H22N3O+. The van der Waals surface area contributed by atoms with Crippen LogP contribution in [0.25, 0.3) is 11.3 Å². The van der Waals surface area contributed by atoms with Crippen LogP contribution in [0, 0.1) is 0 Å². The van der Waals surface area contributed by atoms with Gasteiger partial charge in [-0.3, -0.25) is 4.79 Å². The summed E-state index contributed by atoms with van der Waals surface area (Å²) in [5, 5.41) is 4.57. The van der Waals surface area contributed by atoms with Gasteiger partial charge in [0.2, 0.25) is 0 Å². The normalized spacial score (nSPS) is 17.6. The second-order valence-corrected chi connectivity index (χ2v) is 6.19. The Morgan fingerprint density at radius 2 is 1.76 bits per heavy atom. The van der Waals surface area contributed by atoms with E-state index in [0.717, 1.165) is 28.8 Å². The lowest BCUT2D eigenvalue weighted by Gasteiger charge is -2.37. The summed E-state index contributed by atoms with van der Waals surface area (Å²) in [6.07, 6.45) is 3.79. The molecule has 0 spiro atoms. The molecule has 1 aromatic heterocycles. The van der Waals surface area contributed by atoms with E-state index in [2.05, 4.69) is 12.1 Å². The first-order valence-corrected chi connectivity index (χ1v) is 7.63. The number of rotatable bonds is 3. The predicted octanol–water partition coefficient (Wildman–Crippen LogP) is 2.50. The Morgan fingerprint density at radius 3 is 2.48 bits per heavy atom. The van der Waals surface area contributed by atoms with E-state index in [-0.39, 0.29) is 5.56 Å². The molecule has 21 heavy (non-hydrogen) atoms. The van der Waals surface area contributed by atoms with Crippen molar-refractivity contribution < 1.29 is 4.48 Å². The maximum atomic E-state index is 12.1. The first-order valence-electron chi connectivity index (χ1n) is 7.63. The molecule has 0 aliphatic carbocycles. The Hall–Kier alpha value is -1.94. The highest BCUT2D eigenvalue weighted by Gasteiger charge is 2.25. The standard InChI is InChI=1S/C17H22N3O/c1-20(12-6-3-7-13-20)14-19-17(21)11-10-16(18-19)15-8-4-2-5-9-15/h2,4-5,8-11H,3,6-7,12-14H2,1H3/q+1. The van der Waals surface area contributed by atoms with E-state index >= 15 is 0 Å². The molecule has 0 unspecified atom stereocenters. The van der Waals surface area contributed by atoms with Gasteiger partial charge < -0.3 is 4.48 Å². The average molecular weight is 284 g/mol. The molecule has 0 amide bonds. The summed E-state index contributed by atoms with van der Waals surface area (Å²) >= 11 is 0. The molecular weight excluding hydrogens is 262 g/mol. The van der Waals surface area contributed by atoms with Crippen LogP contribution < -0.4 is 5.56 Å². The monoisotopic (exact) mass is 284 g/mol. The summed E-state index contributed by atoms with van der Waals surface area (Å²) < 4.78 is 2.54. The Kier molecular flexibility index (Phi) is 3.88. The zero-order chi connectivity index (χ0) is 14.7. The van der Waals surface area contributed by atoms with Crippen LogP contribution in [0.4, 0.5) is 0 Å². The fraction of sp³-hybridized carbons (Fsp3) is 0.412. The van der Waals surface area contributed by atoms with E-state index in [0.29, 0.717) is 6.67 Å². The SMILES string of the molecule is C[N+]1(Cn2nc(-c3ccccc3)ccc2=O)CCCCC1. The molecule has 1 saturated heterocycles. The summed E-state index contributed by atoms with van der Waals surface area (Å²) in [5.41, 5.74) is 1.89. The zero-order valence-electron chi connectivity index (χ0n) is 12.5. The van der Waals surface area contributed by atoms with Crippen LogP contribution >= 0.6 is 0 Å². The van der Waals surface area contributed by atoms with E-state index in [1.807, 2.05) is 36.4 Å². The molecule has 1 aliphatic rings. The van der Waals surface area contributed by atoms with Crippen molar-refractivity contribution in [2.45, 2.75) is 25.9 Å². The molecule has 4 nitrogen and oxygen atoms in total. The van der Waals surface area contributed by atoms with Gasteiger partial charge in [0.1, 0.15) is 0 Å². The van der Waals surface area contributed by atoms with Gasteiger partial charge in [-0.05, 0) is 25.3 Å². The molecule has 110 valence electrons. The van der Waals surface area contributed by atoms with Crippen molar-refractivity contribution in [3.63, 3.8) is 0 Å². The molecule has 1 aliphatic heterocycles. The van der Waals surface area contributed by atoms with Crippen molar-refractivity contribution in [3.05, 3.63) is 52.8 Å². The van der Waals surface area contributed by atoms with Gasteiger partial charge in [-0.15, -0.1) is 0 Å². The Labute approximate surface area is 125 Å². The Morgan fingerprint density at radius 1 is 1.05 bits per heavy atom. The number of benzene rings is 1. The van der Waals surface area contributed by atoms with Crippen LogP contribution in [0.3, 0.4) is 0 Å². The minimum Gasteiger partial charge on any atom is -0.307 e. The molecule has 3 rings (SSSR count). The van der Waals surface area contributed by atoms with Crippen molar-refractivity contribution in [2.75, 3.05) is 20.1 Å². The van der Waals surface area contributed by atoms with Gasteiger partial charge >= 0.3 is 0 Å². The first-order chi connectivity index (χ1) is 10.2. The van der Waals surface area contributed by atoms with Crippen LogP contribution in [-0.4, -0.2) is 34.4 Å². The maximum absolute atomic E-state index is 12.1. The Bertz CT molecular complexity index is 657. The molecule has 2 aromatic rings. The number of aromatic nitrogens is 2. The van der Waals surface area contributed by atoms with Crippen LogP contribution in [0.5, 0.6) is 0 Å². The molecule has 1 aromatic carbocycles. The third-order valence-electron chi connectivity index (χ3n) is 4.31. The zero-order valence-corrected chi connectivity index (χ0v) is 12.5. The minimum absolute atomic E-state index is 0.0143. The van der Waals surface area contributed by atoms with Gasteiger partial charge in [0.15, 0.2) is 6.67 Å². The fourth-order valence-corrected chi connectivity index (χ4v) is 3.05. The maximum Gasteiger partial charge on any atom is 0.271 e. The van der Waals surface area contributed by atoms with Crippen molar-refractivity contribution in [1.29, 1.82) is 0 Å². The molecule has 0 N–H and O–H groups in total. The highest BCUT2D eigenvalue weighted by molar-refractivity contribution is 5.57. The molecule has 0 atom stereocenters. The molecule has 0 bridgehead atoms. The van der Waals surface area contributed by atoms with Crippen molar-refractivity contribution in [2.24, 2.45) is 0 Å². The summed E-state index contributed by atoms with van der Waals surface area (Å²) in [7, 11) is 2.22. The van der Waals surface area contributed by atoms with Crippen molar-refractivity contribution in [1.82, 2.24) is 9.78 Å². The van der Waals surface area contributed by atoms with Crippen molar-refractivity contribution in [3.8, 4) is 11.3 Å². The van der Waals surface area contributed by atoms with Crippen LogP contribution in [0.1, 0.15) is 19.3 Å². The number of hydrogen-bond donors (Lipinski definition) is 0. The lowest BCUT2D eigenvalue weighted by atomic mass is 10.1. The topological polar surface area (TPSA) is 34.9 Å². The van der Waals surface area contributed by atoms with E-state index in [9.17, 15) is 4.79 Å².